The number of hydrogen-bond donors (Lipinski definition) is 0. The maximum Gasteiger partial charge on any atom is 0.204 e. The highest BCUT2D eigenvalue weighted by molar-refractivity contribution is 7.11. The molecule has 2 aromatic rings. The van der Waals surface area contributed by atoms with Crippen molar-refractivity contribution in [1.82, 2.24) is 4.98 Å². The molecule has 0 aliphatic rings. The fraction of sp³-hybridized carbons (Fsp3) is 0. The minimum absolute atomic E-state index is 0.123. The lowest BCUT2D eigenvalue weighted by Crippen LogP contribution is -2.00. The molecule has 0 saturated carbocycles. The third-order valence-electron chi connectivity index (χ3n) is 1.84. The number of ketones is 1. The molecule has 0 atom stereocenters. The lowest BCUT2D eigenvalue weighted by atomic mass is 10.1. The van der Waals surface area contributed by atoms with Crippen molar-refractivity contribution in [3.8, 4) is 0 Å². The zero-order valence-corrected chi connectivity index (χ0v) is 8.22. The normalized spacial score (nSPS) is 10.3. The average Bonchev–Trinajstić information content (AvgIpc) is 2.74. The smallest absolute Gasteiger partial charge is 0.204 e. The monoisotopic (exact) mass is 225 g/mol. The van der Waals surface area contributed by atoms with Crippen LogP contribution in [0.25, 0.3) is 0 Å². The summed E-state index contributed by atoms with van der Waals surface area (Å²) in [6, 6.07) is 3.07. The molecule has 1 heterocycles. The van der Waals surface area contributed by atoms with Crippen molar-refractivity contribution in [2.45, 2.75) is 0 Å². The molecule has 0 aliphatic carbocycles. The molecule has 1 aromatic carbocycles. The molecule has 0 radical (unpaired) electrons. The van der Waals surface area contributed by atoms with Crippen molar-refractivity contribution >= 4 is 17.1 Å². The predicted octanol–water partition coefficient (Wildman–Crippen LogP) is 2.65. The van der Waals surface area contributed by atoms with Gasteiger partial charge in [0.15, 0.2) is 11.6 Å². The highest BCUT2D eigenvalue weighted by atomic mass is 32.1. The summed E-state index contributed by atoms with van der Waals surface area (Å²) < 4.78 is 25.5. The summed E-state index contributed by atoms with van der Waals surface area (Å²) in [4.78, 5) is 15.8. The predicted molar refractivity (Wildman–Crippen MR) is 51.9 cm³/mol. The fourth-order valence-electron chi connectivity index (χ4n) is 1.11. The minimum atomic E-state index is -1.02. The van der Waals surface area contributed by atoms with Crippen LogP contribution in [-0.4, -0.2) is 10.8 Å². The maximum atomic E-state index is 12.8. The van der Waals surface area contributed by atoms with E-state index in [9.17, 15) is 13.6 Å². The van der Waals surface area contributed by atoms with E-state index >= 15 is 0 Å². The number of carbonyl (C=O) groups is 1. The van der Waals surface area contributed by atoms with Gasteiger partial charge in [0, 0.05) is 11.8 Å². The summed E-state index contributed by atoms with van der Waals surface area (Å²) in [6.07, 6.45) is 1.40. The van der Waals surface area contributed by atoms with E-state index in [1.165, 1.54) is 17.8 Å². The number of rotatable bonds is 2. The van der Waals surface area contributed by atoms with E-state index in [1.807, 2.05) is 0 Å². The third-order valence-corrected chi connectivity index (χ3v) is 2.61. The van der Waals surface area contributed by atoms with Gasteiger partial charge in [-0.05, 0) is 18.2 Å². The number of halogens is 2. The van der Waals surface area contributed by atoms with Gasteiger partial charge in [0.25, 0.3) is 0 Å². The highest BCUT2D eigenvalue weighted by Crippen LogP contribution is 2.15. The zero-order chi connectivity index (χ0) is 10.8. The second kappa shape index (κ2) is 3.86. The molecular weight excluding hydrogens is 220 g/mol. The second-order valence-corrected chi connectivity index (χ2v) is 3.71. The standard InChI is InChI=1S/C10H5F2NOS/c11-7-2-1-6(3-8(7)12)10(14)9-4-13-5-15-9/h1-5H. The van der Waals surface area contributed by atoms with Crippen molar-refractivity contribution in [3.05, 3.63) is 52.0 Å². The number of benzene rings is 1. The van der Waals surface area contributed by atoms with Gasteiger partial charge in [-0.15, -0.1) is 11.3 Å². The van der Waals surface area contributed by atoms with E-state index in [0.29, 0.717) is 4.88 Å². The first-order chi connectivity index (χ1) is 7.18. The first kappa shape index (κ1) is 9.92. The third kappa shape index (κ3) is 1.92. The van der Waals surface area contributed by atoms with Crippen LogP contribution < -0.4 is 0 Å². The second-order valence-electron chi connectivity index (χ2n) is 2.82. The Bertz CT molecular complexity index is 496. The van der Waals surface area contributed by atoms with Gasteiger partial charge in [-0.25, -0.2) is 8.78 Å². The lowest BCUT2D eigenvalue weighted by molar-refractivity contribution is 0.104. The Morgan fingerprint density at radius 1 is 1.27 bits per heavy atom. The van der Waals surface area contributed by atoms with Crippen LogP contribution in [0.4, 0.5) is 8.78 Å². The molecule has 0 bridgehead atoms. The van der Waals surface area contributed by atoms with Crippen LogP contribution in [-0.2, 0) is 0 Å². The number of hydrogen-bond acceptors (Lipinski definition) is 3. The van der Waals surface area contributed by atoms with Crippen molar-refractivity contribution < 1.29 is 13.6 Å². The van der Waals surface area contributed by atoms with Crippen LogP contribution in [0.2, 0.25) is 0 Å². The molecule has 0 spiro atoms. The van der Waals surface area contributed by atoms with E-state index in [1.54, 1.807) is 0 Å². The van der Waals surface area contributed by atoms with E-state index in [0.717, 1.165) is 23.5 Å². The average molecular weight is 225 g/mol. The van der Waals surface area contributed by atoms with E-state index < -0.39 is 11.6 Å². The van der Waals surface area contributed by atoms with Crippen LogP contribution in [0.1, 0.15) is 15.2 Å². The molecule has 0 fully saturated rings. The van der Waals surface area contributed by atoms with Gasteiger partial charge in [0.2, 0.25) is 5.78 Å². The summed E-state index contributed by atoms with van der Waals surface area (Å²) in [7, 11) is 0. The van der Waals surface area contributed by atoms with Crippen LogP contribution in [0.15, 0.2) is 29.9 Å². The van der Waals surface area contributed by atoms with Gasteiger partial charge in [0.05, 0.1) is 10.4 Å². The first-order valence-electron chi connectivity index (χ1n) is 4.07. The van der Waals surface area contributed by atoms with Crippen molar-refractivity contribution in [2.75, 3.05) is 0 Å². The quantitative estimate of drug-likeness (QED) is 0.735. The number of carbonyl (C=O) groups excluding carboxylic acids is 1. The SMILES string of the molecule is O=C(c1ccc(F)c(F)c1)c1cncs1. The van der Waals surface area contributed by atoms with Gasteiger partial charge in [-0.3, -0.25) is 9.78 Å². The molecule has 0 N–H and O–H groups in total. The largest absolute Gasteiger partial charge is 0.288 e. The Labute approximate surface area is 88.2 Å². The first-order valence-corrected chi connectivity index (χ1v) is 4.94. The summed E-state index contributed by atoms with van der Waals surface area (Å²) in [5.41, 5.74) is 1.63. The summed E-state index contributed by atoms with van der Waals surface area (Å²) in [5.74, 6) is -2.34. The molecular formula is C10H5F2NOS. The molecule has 76 valence electrons. The van der Waals surface area contributed by atoms with Crippen LogP contribution >= 0.6 is 11.3 Å². The molecule has 2 nitrogen and oxygen atoms in total. The Hall–Kier alpha value is -1.62. The van der Waals surface area contributed by atoms with E-state index in [4.69, 9.17) is 0 Å². The van der Waals surface area contributed by atoms with Crippen molar-refractivity contribution in [1.29, 1.82) is 0 Å². The van der Waals surface area contributed by atoms with E-state index in [-0.39, 0.29) is 11.3 Å². The Kier molecular flexibility index (Phi) is 2.55. The lowest BCUT2D eigenvalue weighted by Gasteiger charge is -1.98. The molecule has 0 saturated heterocycles. The van der Waals surface area contributed by atoms with Crippen molar-refractivity contribution in [3.63, 3.8) is 0 Å². The molecule has 0 amide bonds. The highest BCUT2D eigenvalue weighted by Gasteiger charge is 2.12. The molecule has 5 heteroatoms. The Morgan fingerprint density at radius 3 is 2.67 bits per heavy atom. The summed E-state index contributed by atoms with van der Waals surface area (Å²) in [5, 5.41) is 0. The maximum absolute atomic E-state index is 12.8. The molecule has 0 unspecified atom stereocenters. The number of nitrogens with zero attached hydrogens (tertiary/aromatic N) is 1. The minimum Gasteiger partial charge on any atom is -0.288 e. The fourth-order valence-corrected chi connectivity index (χ4v) is 1.69. The van der Waals surface area contributed by atoms with Gasteiger partial charge in [-0.1, -0.05) is 0 Å². The Morgan fingerprint density at radius 2 is 2.07 bits per heavy atom. The summed E-state index contributed by atoms with van der Waals surface area (Å²) >= 11 is 1.16. The molecule has 1 aromatic heterocycles. The van der Waals surface area contributed by atoms with Crippen LogP contribution in [0.3, 0.4) is 0 Å². The van der Waals surface area contributed by atoms with Crippen molar-refractivity contribution in [2.24, 2.45) is 0 Å². The van der Waals surface area contributed by atoms with E-state index in [2.05, 4.69) is 4.98 Å². The van der Waals surface area contributed by atoms with Gasteiger partial charge >= 0.3 is 0 Å². The Balaban J connectivity index is 2.39. The van der Waals surface area contributed by atoms with Crippen LogP contribution in [0, 0.1) is 11.6 Å². The molecule has 2 rings (SSSR count). The van der Waals surface area contributed by atoms with Gasteiger partial charge in [0.1, 0.15) is 0 Å². The zero-order valence-electron chi connectivity index (χ0n) is 7.41. The number of thiazole rings is 1. The van der Waals surface area contributed by atoms with Crippen LogP contribution in [0.5, 0.6) is 0 Å². The van der Waals surface area contributed by atoms with Gasteiger partial charge < -0.3 is 0 Å². The van der Waals surface area contributed by atoms with Gasteiger partial charge in [-0.2, -0.15) is 0 Å². The number of aromatic nitrogens is 1. The topological polar surface area (TPSA) is 30.0 Å². The summed E-state index contributed by atoms with van der Waals surface area (Å²) in [6.45, 7) is 0. The molecule has 0 aliphatic heterocycles. The molecule has 15 heavy (non-hydrogen) atoms.